The SMILES string of the molecule is c1ccc(COc2ccc(-c3noc(-c4ccncc4)n3)cc2)cc1. The van der Waals surface area contributed by atoms with E-state index >= 15 is 0 Å². The second kappa shape index (κ2) is 6.97. The van der Waals surface area contributed by atoms with Crippen LogP contribution in [0.15, 0.2) is 83.6 Å². The second-order valence-corrected chi connectivity index (χ2v) is 5.46. The molecule has 0 bridgehead atoms. The van der Waals surface area contributed by atoms with Gasteiger partial charge in [0.05, 0.1) is 0 Å². The third-order valence-electron chi connectivity index (χ3n) is 3.71. The molecular formula is C20H15N3O2. The number of hydrogen-bond donors (Lipinski definition) is 0. The van der Waals surface area contributed by atoms with Crippen LogP contribution in [0, 0.1) is 0 Å². The fourth-order valence-corrected chi connectivity index (χ4v) is 2.39. The van der Waals surface area contributed by atoms with Crippen molar-refractivity contribution in [3.63, 3.8) is 0 Å². The predicted molar refractivity (Wildman–Crippen MR) is 93.7 cm³/mol. The first kappa shape index (κ1) is 15.1. The van der Waals surface area contributed by atoms with Crippen molar-refractivity contribution < 1.29 is 9.26 Å². The summed E-state index contributed by atoms with van der Waals surface area (Å²) in [5.74, 6) is 1.81. The standard InChI is InChI=1S/C20H15N3O2/c1-2-4-15(5-3-1)14-24-18-8-6-16(7-9-18)19-22-20(25-23-19)17-10-12-21-13-11-17/h1-13H,14H2. The average Bonchev–Trinajstić information content (AvgIpc) is 3.19. The van der Waals surface area contributed by atoms with Crippen molar-refractivity contribution >= 4 is 0 Å². The summed E-state index contributed by atoms with van der Waals surface area (Å²) >= 11 is 0. The topological polar surface area (TPSA) is 61.0 Å². The van der Waals surface area contributed by atoms with E-state index in [-0.39, 0.29) is 0 Å². The normalized spacial score (nSPS) is 10.6. The van der Waals surface area contributed by atoms with Crippen molar-refractivity contribution in [1.29, 1.82) is 0 Å². The van der Waals surface area contributed by atoms with Gasteiger partial charge in [0.2, 0.25) is 5.82 Å². The third kappa shape index (κ3) is 3.55. The summed E-state index contributed by atoms with van der Waals surface area (Å²) < 4.78 is 11.1. The van der Waals surface area contributed by atoms with Gasteiger partial charge in [0.15, 0.2) is 0 Å². The van der Waals surface area contributed by atoms with E-state index in [0.29, 0.717) is 18.3 Å². The Hall–Kier alpha value is -3.47. The van der Waals surface area contributed by atoms with Gasteiger partial charge in [-0.05, 0) is 42.0 Å². The zero-order valence-electron chi connectivity index (χ0n) is 13.4. The van der Waals surface area contributed by atoms with Crippen LogP contribution in [0.1, 0.15) is 5.56 Å². The van der Waals surface area contributed by atoms with Gasteiger partial charge < -0.3 is 9.26 Å². The smallest absolute Gasteiger partial charge is 0.258 e. The molecule has 0 aliphatic heterocycles. The van der Waals surface area contributed by atoms with E-state index < -0.39 is 0 Å². The Labute approximate surface area is 144 Å². The van der Waals surface area contributed by atoms with Gasteiger partial charge in [-0.15, -0.1) is 0 Å². The number of pyridine rings is 1. The Morgan fingerprint density at radius 1 is 0.800 bits per heavy atom. The summed E-state index contributed by atoms with van der Waals surface area (Å²) in [5.41, 5.74) is 2.85. The molecule has 0 saturated heterocycles. The van der Waals surface area contributed by atoms with Crippen LogP contribution < -0.4 is 4.74 Å². The predicted octanol–water partition coefficient (Wildman–Crippen LogP) is 4.38. The van der Waals surface area contributed by atoms with E-state index in [0.717, 1.165) is 22.4 Å². The van der Waals surface area contributed by atoms with Gasteiger partial charge in [0.1, 0.15) is 12.4 Å². The van der Waals surface area contributed by atoms with E-state index in [1.165, 1.54) is 0 Å². The Morgan fingerprint density at radius 3 is 2.32 bits per heavy atom. The Balaban J connectivity index is 1.46. The number of benzene rings is 2. The molecule has 2 heterocycles. The van der Waals surface area contributed by atoms with Crippen LogP contribution in [0.25, 0.3) is 22.8 Å². The van der Waals surface area contributed by atoms with Crippen molar-refractivity contribution in [3.05, 3.63) is 84.7 Å². The minimum atomic E-state index is 0.474. The van der Waals surface area contributed by atoms with E-state index in [1.54, 1.807) is 12.4 Å². The Bertz CT molecular complexity index is 936. The third-order valence-corrected chi connectivity index (χ3v) is 3.71. The fourth-order valence-electron chi connectivity index (χ4n) is 2.39. The molecule has 122 valence electrons. The highest BCUT2D eigenvalue weighted by Gasteiger charge is 2.10. The molecule has 0 radical (unpaired) electrons. The maximum Gasteiger partial charge on any atom is 0.258 e. The number of hydrogen-bond acceptors (Lipinski definition) is 5. The van der Waals surface area contributed by atoms with Gasteiger partial charge in [0, 0.05) is 23.5 Å². The Kier molecular flexibility index (Phi) is 4.20. The lowest BCUT2D eigenvalue weighted by Gasteiger charge is -2.06. The number of nitrogens with zero attached hydrogens (tertiary/aromatic N) is 3. The Morgan fingerprint density at radius 2 is 1.56 bits per heavy atom. The van der Waals surface area contributed by atoms with E-state index in [9.17, 15) is 0 Å². The van der Waals surface area contributed by atoms with Crippen molar-refractivity contribution in [2.24, 2.45) is 0 Å². The lowest BCUT2D eigenvalue weighted by molar-refractivity contribution is 0.306. The summed E-state index contributed by atoms with van der Waals surface area (Å²) in [6.07, 6.45) is 3.39. The fraction of sp³-hybridized carbons (Fsp3) is 0.0500. The maximum atomic E-state index is 5.79. The van der Waals surface area contributed by atoms with Crippen molar-refractivity contribution in [1.82, 2.24) is 15.1 Å². The molecule has 0 aliphatic carbocycles. The second-order valence-electron chi connectivity index (χ2n) is 5.46. The quantitative estimate of drug-likeness (QED) is 0.544. The van der Waals surface area contributed by atoms with E-state index in [2.05, 4.69) is 15.1 Å². The monoisotopic (exact) mass is 329 g/mol. The highest BCUT2D eigenvalue weighted by molar-refractivity contribution is 5.60. The van der Waals surface area contributed by atoms with Gasteiger partial charge in [0.25, 0.3) is 5.89 Å². The molecule has 5 heteroatoms. The first-order valence-electron chi connectivity index (χ1n) is 7.90. The molecule has 2 aromatic heterocycles. The number of rotatable bonds is 5. The molecule has 0 amide bonds. The first-order chi connectivity index (χ1) is 12.4. The summed E-state index contributed by atoms with van der Waals surface area (Å²) in [7, 11) is 0. The molecule has 0 aliphatic rings. The van der Waals surface area contributed by atoms with E-state index in [4.69, 9.17) is 9.26 Å². The van der Waals surface area contributed by atoms with Crippen LogP contribution in [-0.2, 0) is 6.61 Å². The molecule has 0 N–H and O–H groups in total. The zero-order chi connectivity index (χ0) is 16.9. The lowest BCUT2D eigenvalue weighted by atomic mass is 10.2. The molecular weight excluding hydrogens is 314 g/mol. The molecule has 0 fully saturated rings. The highest BCUT2D eigenvalue weighted by Crippen LogP contribution is 2.23. The molecule has 0 atom stereocenters. The van der Waals surface area contributed by atoms with Crippen LogP contribution in [0.5, 0.6) is 5.75 Å². The summed E-state index contributed by atoms with van der Waals surface area (Å²) in [6, 6.07) is 21.4. The van der Waals surface area contributed by atoms with Crippen LogP contribution in [-0.4, -0.2) is 15.1 Å². The summed E-state index contributed by atoms with van der Waals surface area (Å²) in [6.45, 7) is 0.536. The van der Waals surface area contributed by atoms with Gasteiger partial charge in [-0.3, -0.25) is 4.98 Å². The molecule has 5 nitrogen and oxygen atoms in total. The highest BCUT2D eigenvalue weighted by atomic mass is 16.5. The molecule has 0 unspecified atom stereocenters. The molecule has 0 spiro atoms. The van der Waals surface area contributed by atoms with E-state index in [1.807, 2.05) is 66.7 Å². The van der Waals surface area contributed by atoms with Gasteiger partial charge >= 0.3 is 0 Å². The van der Waals surface area contributed by atoms with Crippen molar-refractivity contribution in [2.75, 3.05) is 0 Å². The molecule has 0 saturated carbocycles. The largest absolute Gasteiger partial charge is 0.489 e. The van der Waals surface area contributed by atoms with Crippen LogP contribution in [0.3, 0.4) is 0 Å². The minimum absolute atomic E-state index is 0.474. The van der Waals surface area contributed by atoms with Gasteiger partial charge in [-0.1, -0.05) is 35.5 Å². The number of ether oxygens (including phenoxy) is 1. The summed E-state index contributed by atoms with van der Waals surface area (Å²) in [4.78, 5) is 8.41. The molecule has 25 heavy (non-hydrogen) atoms. The van der Waals surface area contributed by atoms with Gasteiger partial charge in [-0.25, -0.2) is 0 Å². The lowest BCUT2D eigenvalue weighted by Crippen LogP contribution is -1.94. The first-order valence-corrected chi connectivity index (χ1v) is 7.90. The van der Waals surface area contributed by atoms with Gasteiger partial charge in [-0.2, -0.15) is 4.98 Å². The van der Waals surface area contributed by atoms with Crippen LogP contribution in [0.2, 0.25) is 0 Å². The van der Waals surface area contributed by atoms with Crippen molar-refractivity contribution in [3.8, 4) is 28.6 Å². The van der Waals surface area contributed by atoms with Crippen molar-refractivity contribution in [2.45, 2.75) is 6.61 Å². The maximum absolute atomic E-state index is 5.79. The molecule has 4 rings (SSSR count). The van der Waals surface area contributed by atoms with Crippen LogP contribution >= 0.6 is 0 Å². The summed E-state index contributed by atoms with van der Waals surface area (Å²) in [5, 5.41) is 4.04. The zero-order valence-corrected chi connectivity index (χ0v) is 13.4. The van der Waals surface area contributed by atoms with Crippen LogP contribution in [0.4, 0.5) is 0 Å². The number of aromatic nitrogens is 3. The molecule has 4 aromatic rings. The minimum Gasteiger partial charge on any atom is -0.489 e. The molecule has 2 aromatic carbocycles. The average molecular weight is 329 g/mol.